The van der Waals surface area contributed by atoms with Crippen molar-refractivity contribution in [1.29, 1.82) is 0 Å². The molecule has 158 valence electrons. The zero-order chi connectivity index (χ0) is 21.0. The van der Waals surface area contributed by atoms with E-state index in [1.807, 2.05) is 18.7 Å². The molecule has 1 amide bonds. The largest absolute Gasteiger partial charge is 0.455 e. The number of fused-ring (bicyclic) bond motifs is 1. The van der Waals surface area contributed by atoms with Gasteiger partial charge in [0.2, 0.25) is 0 Å². The summed E-state index contributed by atoms with van der Waals surface area (Å²) in [5, 5.41) is 2.84. The molecule has 0 radical (unpaired) electrons. The lowest BCUT2D eigenvalue weighted by Crippen LogP contribution is -2.43. The summed E-state index contributed by atoms with van der Waals surface area (Å²) in [5.74, 6) is -0.795. The number of likely N-dealkylation sites (tertiary alicyclic amines) is 1. The molecule has 0 saturated carbocycles. The summed E-state index contributed by atoms with van der Waals surface area (Å²) in [6, 6.07) is 6.77. The van der Waals surface area contributed by atoms with E-state index in [9.17, 15) is 18.0 Å². The third-order valence-electron chi connectivity index (χ3n) is 5.36. The van der Waals surface area contributed by atoms with Gasteiger partial charge in [-0.2, -0.15) is 8.42 Å². The molecule has 1 fully saturated rings. The molecule has 8 nitrogen and oxygen atoms in total. The molecule has 2 aliphatic rings. The Morgan fingerprint density at radius 2 is 2.00 bits per heavy atom. The second kappa shape index (κ2) is 8.94. The van der Waals surface area contributed by atoms with E-state index in [1.165, 1.54) is 6.07 Å². The Morgan fingerprint density at radius 3 is 2.72 bits per heavy atom. The molecule has 29 heavy (non-hydrogen) atoms. The minimum absolute atomic E-state index is 0.0776. The number of carbonyl (C=O) groups excluding carboxylic acids is 2. The monoisotopic (exact) mass is 421 g/mol. The molecule has 0 bridgehead atoms. The lowest BCUT2D eigenvalue weighted by atomic mass is 9.97. The van der Waals surface area contributed by atoms with Crippen LogP contribution >= 0.6 is 0 Å². The minimum Gasteiger partial charge on any atom is -0.455 e. The average molecular weight is 422 g/mol. The molecule has 0 aromatic heterocycles. The van der Waals surface area contributed by atoms with E-state index in [2.05, 4.69) is 9.71 Å². The summed E-state index contributed by atoms with van der Waals surface area (Å²) < 4.78 is 33.7. The Bertz CT molecular complexity index is 908. The zero-order valence-electron chi connectivity index (χ0n) is 16.8. The van der Waals surface area contributed by atoms with Crippen molar-refractivity contribution in [3.8, 4) is 0 Å². The Kier molecular flexibility index (Phi) is 6.56. The van der Waals surface area contributed by atoms with Crippen LogP contribution in [0.15, 0.2) is 33.6 Å². The van der Waals surface area contributed by atoms with Gasteiger partial charge in [-0.3, -0.25) is 9.59 Å². The first-order chi connectivity index (χ1) is 13.9. The Morgan fingerprint density at radius 1 is 1.28 bits per heavy atom. The molecule has 1 atom stereocenters. The van der Waals surface area contributed by atoms with Crippen molar-refractivity contribution in [2.24, 2.45) is 10.3 Å². The SMILES string of the molecule is CCC(CC)NC(=O)COC(=O)[C@@H]1CCCN(C2=NS(=O)(=O)c3ccccc32)C1. The topological polar surface area (TPSA) is 105 Å². The average Bonchev–Trinajstić information content (AvgIpc) is 3.01. The van der Waals surface area contributed by atoms with Crippen molar-refractivity contribution < 1.29 is 22.7 Å². The summed E-state index contributed by atoms with van der Waals surface area (Å²) in [4.78, 5) is 26.4. The van der Waals surface area contributed by atoms with E-state index >= 15 is 0 Å². The molecule has 0 aliphatic carbocycles. The van der Waals surface area contributed by atoms with Gasteiger partial charge in [0, 0.05) is 24.7 Å². The number of nitrogens with zero attached hydrogens (tertiary/aromatic N) is 2. The summed E-state index contributed by atoms with van der Waals surface area (Å²) in [5.41, 5.74) is 0.561. The maximum atomic E-state index is 12.5. The van der Waals surface area contributed by atoms with Crippen LogP contribution in [0.25, 0.3) is 0 Å². The summed E-state index contributed by atoms with van der Waals surface area (Å²) in [6.45, 7) is 4.60. The van der Waals surface area contributed by atoms with Gasteiger partial charge >= 0.3 is 5.97 Å². The van der Waals surface area contributed by atoms with E-state index in [0.717, 1.165) is 12.8 Å². The number of hydrogen-bond donors (Lipinski definition) is 1. The molecular formula is C20H27N3O5S. The van der Waals surface area contributed by atoms with Crippen molar-refractivity contribution in [1.82, 2.24) is 10.2 Å². The number of rotatable bonds is 6. The number of benzene rings is 1. The highest BCUT2D eigenvalue weighted by Crippen LogP contribution is 2.29. The van der Waals surface area contributed by atoms with Gasteiger partial charge in [-0.25, -0.2) is 0 Å². The Hall–Kier alpha value is -2.42. The number of carbonyl (C=O) groups is 2. The fraction of sp³-hybridized carbons (Fsp3) is 0.550. The Balaban J connectivity index is 1.61. The van der Waals surface area contributed by atoms with E-state index in [4.69, 9.17) is 4.74 Å². The highest BCUT2D eigenvalue weighted by Gasteiger charge is 2.35. The molecule has 2 aliphatic heterocycles. The van der Waals surface area contributed by atoms with Crippen molar-refractivity contribution >= 4 is 27.7 Å². The third-order valence-corrected chi connectivity index (χ3v) is 6.69. The minimum atomic E-state index is -3.70. The van der Waals surface area contributed by atoms with Crippen LogP contribution in [-0.2, 0) is 24.3 Å². The highest BCUT2D eigenvalue weighted by molar-refractivity contribution is 7.90. The summed E-state index contributed by atoms with van der Waals surface area (Å²) >= 11 is 0. The predicted molar refractivity (Wildman–Crippen MR) is 108 cm³/mol. The van der Waals surface area contributed by atoms with Crippen molar-refractivity contribution in [2.75, 3.05) is 19.7 Å². The van der Waals surface area contributed by atoms with Crippen molar-refractivity contribution in [3.05, 3.63) is 29.8 Å². The van der Waals surface area contributed by atoms with Crippen molar-refractivity contribution in [2.45, 2.75) is 50.5 Å². The van der Waals surface area contributed by atoms with Gasteiger partial charge in [0.1, 0.15) is 4.90 Å². The molecule has 1 saturated heterocycles. The van der Waals surface area contributed by atoms with Crippen LogP contribution in [0.1, 0.15) is 45.1 Å². The first kappa shape index (κ1) is 21.3. The molecule has 1 aromatic rings. The quantitative estimate of drug-likeness (QED) is 0.701. The second-order valence-corrected chi connectivity index (χ2v) is 8.93. The molecule has 9 heteroatoms. The molecule has 1 aromatic carbocycles. The predicted octanol–water partition coefficient (Wildman–Crippen LogP) is 1.70. The first-order valence-corrected chi connectivity index (χ1v) is 11.4. The van der Waals surface area contributed by atoms with E-state index in [1.54, 1.807) is 18.2 Å². The molecule has 2 heterocycles. The summed E-state index contributed by atoms with van der Waals surface area (Å²) in [7, 11) is -3.70. The molecule has 0 spiro atoms. The molecule has 1 N–H and O–H groups in total. The fourth-order valence-electron chi connectivity index (χ4n) is 3.70. The van der Waals surface area contributed by atoms with Crippen LogP contribution in [0, 0.1) is 5.92 Å². The lowest BCUT2D eigenvalue weighted by Gasteiger charge is -2.32. The standard InChI is InChI=1S/C20H27N3O5S/c1-3-15(4-2)21-18(24)13-28-20(25)14-8-7-11-23(12-14)19-16-9-5-6-10-17(16)29(26,27)22-19/h5-6,9-10,14-15H,3-4,7-8,11-13H2,1-2H3,(H,21,24)/t14-/m1/s1. The van der Waals surface area contributed by atoms with Crippen molar-refractivity contribution in [3.63, 3.8) is 0 Å². The van der Waals surface area contributed by atoms with E-state index in [-0.39, 0.29) is 23.5 Å². The lowest BCUT2D eigenvalue weighted by molar-refractivity contribution is -0.154. The van der Waals surface area contributed by atoms with Crippen LogP contribution in [0.3, 0.4) is 0 Å². The van der Waals surface area contributed by atoms with Gasteiger partial charge in [-0.1, -0.05) is 26.0 Å². The number of esters is 1. The normalized spacial score (nSPS) is 20.2. The number of piperidine rings is 1. The van der Waals surface area contributed by atoms with Gasteiger partial charge in [0.05, 0.1) is 5.92 Å². The Labute approximate surface area is 171 Å². The third kappa shape index (κ3) is 4.77. The zero-order valence-corrected chi connectivity index (χ0v) is 17.6. The van der Waals surface area contributed by atoms with Crippen LogP contribution in [0.2, 0.25) is 0 Å². The van der Waals surface area contributed by atoms with Crippen LogP contribution in [0.4, 0.5) is 0 Å². The number of ether oxygens (including phenoxy) is 1. The van der Waals surface area contributed by atoms with Gasteiger partial charge in [-0.15, -0.1) is 4.40 Å². The first-order valence-electron chi connectivity index (χ1n) is 10.0. The maximum Gasteiger partial charge on any atom is 0.311 e. The number of nitrogens with one attached hydrogen (secondary N) is 1. The van der Waals surface area contributed by atoms with Crippen LogP contribution in [-0.4, -0.2) is 56.8 Å². The summed E-state index contributed by atoms with van der Waals surface area (Å²) in [6.07, 6.45) is 2.98. The van der Waals surface area contributed by atoms with Gasteiger partial charge < -0.3 is 15.0 Å². The second-order valence-electron chi connectivity index (χ2n) is 7.36. The highest BCUT2D eigenvalue weighted by atomic mass is 32.2. The number of hydrogen-bond acceptors (Lipinski definition) is 6. The van der Waals surface area contributed by atoms with Gasteiger partial charge in [0.15, 0.2) is 12.4 Å². The smallest absolute Gasteiger partial charge is 0.311 e. The fourth-order valence-corrected chi connectivity index (χ4v) is 4.92. The van der Waals surface area contributed by atoms with Gasteiger partial charge in [-0.05, 0) is 37.8 Å². The van der Waals surface area contributed by atoms with Crippen LogP contribution < -0.4 is 5.32 Å². The molecule has 0 unspecified atom stereocenters. The maximum absolute atomic E-state index is 12.5. The van der Waals surface area contributed by atoms with Gasteiger partial charge in [0.25, 0.3) is 15.9 Å². The molecular weight excluding hydrogens is 394 g/mol. The van der Waals surface area contributed by atoms with E-state index in [0.29, 0.717) is 37.3 Å². The number of amides is 1. The number of amidine groups is 1. The van der Waals surface area contributed by atoms with Crippen LogP contribution in [0.5, 0.6) is 0 Å². The molecule has 3 rings (SSSR count). The van der Waals surface area contributed by atoms with E-state index < -0.39 is 21.9 Å². The number of sulfonamides is 1.